The van der Waals surface area contributed by atoms with Crippen LogP contribution in [0.3, 0.4) is 0 Å². The van der Waals surface area contributed by atoms with Crippen molar-refractivity contribution in [2.75, 3.05) is 13.2 Å². The number of aromatic nitrogens is 2. The lowest BCUT2D eigenvalue weighted by Gasteiger charge is -2.15. The number of rotatable bonds is 6. The van der Waals surface area contributed by atoms with Crippen molar-refractivity contribution in [3.63, 3.8) is 0 Å². The molecule has 1 heterocycles. The zero-order valence-corrected chi connectivity index (χ0v) is 9.93. The Morgan fingerprint density at radius 1 is 1.06 bits per heavy atom. The van der Waals surface area contributed by atoms with Gasteiger partial charge in [0.15, 0.2) is 0 Å². The summed E-state index contributed by atoms with van der Waals surface area (Å²) in [6.45, 7) is 4.40. The first-order chi connectivity index (χ1) is 7.69. The Morgan fingerprint density at radius 2 is 1.62 bits per heavy atom. The van der Waals surface area contributed by atoms with Crippen LogP contribution in [0.1, 0.15) is 49.9 Å². The Hall–Kier alpha value is -1.00. The quantitative estimate of drug-likeness (QED) is 0.767. The van der Waals surface area contributed by atoms with E-state index < -0.39 is 0 Å². The molecule has 90 valence electrons. The van der Waals surface area contributed by atoms with Gasteiger partial charge in [-0.2, -0.15) is 0 Å². The van der Waals surface area contributed by atoms with Crippen molar-refractivity contribution >= 4 is 0 Å². The van der Waals surface area contributed by atoms with E-state index in [-0.39, 0.29) is 19.1 Å². The van der Waals surface area contributed by atoms with E-state index >= 15 is 0 Å². The number of hydrogen-bond donors (Lipinski definition) is 2. The number of hydrogen-bond acceptors (Lipinski definition) is 4. The first kappa shape index (κ1) is 13.1. The van der Waals surface area contributed by atoms with Gasteiger partial charge in [0.1, 0.15) is 6.33 Å². The summed E-state index contributed by atoms with van der Waals surface area (Å²) in [7, 11) is 0. The normalized spacial score (nSPS) is 11.4. The van der Waals surface area contributed by atoms with Crippen molar-refractivity contribution in [1.29, 1.82) is 0 Å². The molecule has 0 amide bonds. The van der Waals surface area contributed by atoms with E-state index in [0.717, 1.165) is 11.4 Å². The number of aliphatic hydroxyl groups is 2. The third-order valence-corrected chi connectivity index (χ3v) is 2.67. The molecule has 0 fully saturated rings. The molecule has 0 radical (unpaired) electrons. The van der Waals surface area contributed by atoms with Crippen LogP contribution in [-0.2, 0) is 0 Å². The first-order valence-corrected chi connectivity index (χ1v) is 5.72. The van der Waals surface area contributed by atoms with E-state index in [1.54, 1.807) is 6.33 Å². The van der Waals surface area contributed by atoms with Crippen LogP contribution in [0.5, 0.6) is 0 Å². The van der Waals surface area contributed by atoms with Gasteiger partial charge in [-0.15, -0.1) is 0 Å². The topological polar surface area (TPSA) is 66.2 Å². The summed E-state index contributed by atoms with van der Waals surface area (Å²) in [4.78, 5) is 8.43. The van der Waals surface area contributed by atoms with E-state index in [9.17, 15) is 0 Å². The molecule has 0 aromatic carbocycles. The number of aliphatic hydroxyl groups excluding tert-OH is 2. The molecule has 0 aliphatic carbocycles. The third kappa shape index (κ3) is 3.54. The lowest BCUT2D eigenvalue weighted by molar-refractivity contribution is 0.240. The molecule has 4 nitrogen and oxygen atoms in total. The Balaban J connectivity index is 2.86. The van der Waals surface area contributed by atoms with Crippen LogP contribution in [-0.4, -0.2) is 33.4 Å². The molecule has 4 heteroatoms. The molecule has 16 heavy (non-hydrogen) atoms. The summed E-state index contributed by atoms with van der Waals surface area (Å²) in [5.41, 5.74) is 1.92. The highest BCUT2D eigenvalue weighted by molar-refractivity contribution is 5.15. The third-order valence-electron chi connectivity index (χ3n) is 2.67. The van der Waals surface area contributed by atoms with Crippen molar-refractivity contribution in [3.8, 4) is 0 Å². The fourth-order valence-corrected chi connectivity index (χ4v) is 1.68. The van der Waals surface area contributed by atoms with Gasteiger partial charge in [0, 0.05) is 30.5 Å². The molecule has 0 aliphatic heterocycles. The Bertz CT molecular complexity index is 310. The highest BCUT2D eigenvalue weighted by Crippen LogP contribution is 2.22. The van der Waals surface area contributed by atoms with E-state index in [1.165, 1.54) is 0 Å². The summed E-state index contributed by atoms with van der Waals surface area (Å²) in [5.74, 6) is 0.487. The fraction of sp³-hybridized carbons (Fsp3) is 0.667. The second-order valence-corrected chi connectivity index (χ2v) is 4.24. The molecule has 0 spiro atoms. The SMILES string of the molecule is CC(C)c1cc(C(CCO)CCO)ncn1. The Labute approximate surface area is 96.4 Å². The molecule has 0 unspecified atom stereocenters. The maximum absolute atomic E-state index is 8.98. The second-order valence-electron chi connectivity index (χ2n) is 4.24. The average molecular weight is 224 g/mol. The van der Waals surface area contributed by atoms with Crippen molar-refractivity contribution in [3.05, 3.63) is 23.8 Å². The summed E-state index contributed by atoms with van der Waals surface area (Å²) in [6.07, 6.45) is 2.83. The van der Waals surface area contributed by atoms with Crippen molar-refractivity contribution < 1.29 is 10.2 Å². The lowest BCUT2D eigenvalue weighted by Crippen LogP contribution is -2.08. The molecule has 0 saturated heterocycles. The largest absolute Gasteiger partial charge is 0.396 e. The molecule has 1 aromatic heterocycles. The summed E-state index contributed by atoms with van der Waals surface area (Å²) in [5, 5.41) is 18.0. The van der Waals surface area contributed by atoms with E-state index in [0.29, 0.717) is 18.8 Å². The summed E-state index contributed by atoms with van der Waals surface area (Å²) >= 11 is 0. The average Bonchev–Trinajstić information content (AvgIpc) is 2.29. The molecule has 1 aromatic rings. The van der Waals surface area contributed by atoms with Crippen LogP contribution in [0.15, 0.2) is 12.4 Å². The van der Waals surface area contributed by atoms with Gasteiger partial charge in [0.25, 0.3) is 0 Å². The molecule has 2 N–H and O–H groups in total. The van der Waals surface area contributed by atoms with Gasteiger partial charge in [-0.25, -0.2) is 9.97 Å². The Kier molecular flexibility index (Phi) is 5.35. The van der Waals surface area contributed by atoms with E-state index in [2.05, 4.69) is 23.8 Å². The van der Waals surface area contributed by atoms with Gasteiger partial charge in [-0.3, -0.25) is 0 Å². The van der Waals surface area contributed by atoms with Crippen LogP contribution in [0.4, 0.5) is 0 Å². The molecule has 0 bridgehead atoms. The van der Waals surface area contributed by atoms with Crippen LogP contribution in [0.25, 0.3) is 0 Å². The van der Waals surface area contributed by atoms with Crippen LogP contribution in [0, 0.1) is 0 Å². The van der Waals surface area contributed by atoms with Gasteiger partial charge in [-0.05, 0) is 24.8 Å². The van der Waals surface area contributed by atoms with Crippen LogP contribution >= 0.6 is 0 Å². The number of nitrogens with zero attached hydrogens (tertiary/aromatic N) is 2. The van der Waals surface area contributed by atoms with Gasteiger partial charge in [-0.1, -0.05) is 13.8 Å². The van der Waals surface area contributed by atoms with Crippen molar-refractivity contribution in [2.45, 2.75) is 38.5 Å². The summed E-state index contributed by atoms with van der Waals surface area (Å²) < 4.78 is 0. The zero-order chi connectivity index (χ0) is 12.0. The molecular formula is C12H20N2O2. The first-order valence-electron chi connectivity index (χ1n) is 5.72. The smallest absolute Gasteiger partial charge is 0.115 e. The van der Waals surface area contributed by atoms with Gasteiger partial charge < -0.3 is 10.2 Å². The van der Waals surface area contributed by atoms with Crippen molar-refractivity contribution in [2.24, 2.45) is 0 Å². The molecular weight excluding hydrogens is 204 g/mol. The monoisotopic (exact) mass is 224 g/mol. The second kappa shape index (κ2) is 6.55. The highest BCUT2D eigenvalue weighted by atomic mass is 16.3. The minimum atomic E-state index is 0.117. The minimum absolute atomic E-state index is 0.117. The Morgan fingerprint density at radius 3 is 2.12 bits per heavy atom. The lowest BCUT2D eigenvalue weighted by atomic mass is 9.96. The maximum atomic E-state index is 8.98. The fourth-order valence-electron chi connectivity index (χ4n) is 1.68. The zero-order valence-electron chi connectivity index (χ0n) is 9.93. The minimum Gasteiger partial charge on any atom is -0.396 e. The van der Waals surface area contributed by atoms with E-state index in [1.807, 2.05) is 6.07 Å². The summed E-state index contributed by atoms with van der Waals surface area (Å²) in [6, 6.07) is 1.97. The highest BCUT2D eigenvalue weighted by Gasteiger charge is 2.13. The standard InChI is InChI=1S/C12H20N2O2/c1-9(2)11-7-12(14-8-13-11)10(3-5-15)4-6-16/h7-10,15-16H,3-6H2,1-2H3. The van der Waals surface area contributed by atoms with Gasteiger partial charge in [0.2, 0.25) is 0 Å². The molecule has 0 aliphatic rings. The van der Waals surface area contributed by atoms with Gasteiger partial charge in [0.05, 0.1) is 0 Å². The van der Waals surface area contributed by atoms with E-state index in [4.69, 9.17) is 10.2 Å². The van der Waals surface area contributed by atoms with Gasteiger partial charge >= 0.3 is 0 Å². The van der Waals surface area contributed by atoms with Crippen LogP contribution in [0.2, 0.25) is 0 Å². The van der Waals surface area contributed by atoms with Crippen LogP contribution < -0.4 is 0 Å². The molecule has 0 saturated carbocycles. The molecule has 1 rings (SSSR count). The maximum Gasteiger partial charge on any atom is 0.115 e. The predicted molar refractivity (Wildman–Crippen MR) is 62.3 cm³/mol. The molecule has 0 atom stereocenters. The van der Waals surface area contributed by atoms with Crippen molar-refractivity contribution in [1.82, 2.24) is 9.97 Å². The predicted octanol–water partition coefficient (Wildman–Crippen LogP) is 1.45.